The summed E-state index contributed by atoms with van der Waals surface area (Å²) in [6.45, 7) is 5.53. The second-order valence-corrected chi connectivity index (χ2v) is 3.53. The van der Waals surface area contributed by atoms with Crippen LogP contribution in [0.1, 0.15) is 32.6 Å². The molecule has 0 aromatic heterocycles. The first-order valence-corrected chi connectivity index (χ1v) is 5.54. The van der Waals surface area contributed by atoms with Gasteiger partial charge in [0.1, 0.15) is 0 Å². The first kappa shape index (κ1) is 14.7. The molecule has 0 aliphatic heterocycles. The van der Waals surface area contributed by atoms with Gasteiger partial charge in [-0.3, -0.25) is 0 Å². The van der Waals surface area contributed by atoms with Crippen LogP contribution in [0.4, 0.5) is 13.2 Å². The number of rotatable bonds is 9. The number of unbranched alkanes of at least 4 members (excludes halogenated alkanes) is 1. The number of nitrogens with one attached hydrogen (secondary N) is 2. The zero-order chi connectivity index (χ0) is 11.6. The van der Waals surface area contributed by atoms with E-state index in [4.69, 9.17) is 0 Å². The lowest BCUT2D eigenvalue weighted by atomic mass is 10.2. The van der Waals surface area contributed by atoms with Gasteiger partial charge in [-0.2, -0.15) is 13.2 Å². The zero-order valence-corrected chi connectivity index (χ0v) is 9.29. The van der Waals surface area contributed by atoms with Crippen LogP contribution in [0.15, 0.2) is 0 Å². The standard InChI is InChI=1S/C10H21F3N2/c1-2-14-8-5-9-15-7-4-3-6-10(11,12)13/h14-15H,2-9H2,1H3. The van der Waals surface area contributed by atoms with Crippen LogP contribution in [0.25, 0.3) is 0 Å². The van der Waals surface area contributed by atoms with Crippen LogP contribution in [0.5, 0.6) is 0 Å². The van der Waals surface area contributed by atoms with Crippen molar-refractivity contribution in [3.8, 4) is 0 Å². The van der Waals surface area contributed by atoms with Crippen molar-refractivity contribution in [2.24, 2.45) is 0 Å². The Morgan fingerprint density at radius 1 is 0.867 bits per heavy atom. The van der Waals surface area contributed by atoms with E-state index in [1.807, 2.05) is 6.92 Å². The van der Waals surface area contributed by atoms with E-state index in [-0.39, 0.29) is 6.42 Å². The molecule has 0 atom stereocenters. The smallest absolute Gasteiger partial charge is 0.317 e. The predicted octanol–water partition coefficient (Wildman–Crippen LogP) is 2.31. The molecule has 5 heteroatoms. The van der Waals surface area contributed by atoms with E-state index >= 15 is 0 Å². The fraction of sp³-hybridized carbons (Fsp3) is 1.00. The number of halogens is 3. The summed E-state index contributed by atoms with van der Waals surface area (Å²) in [6, 6.07) is 0. The van der Waals surface area contributed by atoms with E-state index in [9.17, 15) is 13.2 Å². The molecule has 0 bridgehead atoms. The van der Waals surface area contributed by atoms with Gasteiger partial charge in [-0.15, -0.1) is 0 Å². The minimum absolute atomic E-state index is 0.226. The van der Waals surface area contributed by atoms with E-state index in [2.05, 4.69) is 10.6 Å². The molecule has 0 aliphatic carbocycles. The number of alkyl halides is 3. The average Bonchev–Trinajstić information content (AvgIpc) is 2.14. The quantitative estimate of drug-likeness (QED) is 0.589. The van der Waals surface area contributed by atoms with Crippen LogP contribution in [0.3, 0.4) is 0 Å². The summed E-state index contributed by atoms with van der Waals surface area (Å²) in [6.07, 6.45) is -2.81. The fourth-order valence-electron chi connectivity index (χ4n) is 1.22. The van der Waals surface area contributed by atoms with Gasteiger partial charge in [0.2, 0.25) is 0 Å². The second kappa shape index (κ2) is 8.97. The van der Waals surface area contributed by atoms with Crippen LogP contribution in [0.2, 0.25) is 0 Å². The summed E-state index contributed by atoms with van der Waals surface area (Å²) < 4.78 is 35.2. The molecule has 0 radical (unpaired) electrons. The van der Waals surface area contributed by atoms with Gasteiger partial charge in [0.15, 0.2) is 0 Å². The molecule has 15 heavy (non-hydrogen) atoms. The highest BCUT2D eigenvalue weighted by Gasteiger charge is 2.25. The Bertz CT molecular complexity index is 137. The van der Waals surface area contributed by atoms with Crippen molar-refractivity contribution in [2.75, 3.05) is 26.2 Å². The maximum Gasteiger partial charge on any atom is 0.389 e. The molecule has 0 unspecified atom stereocenters. The third-order valence-corrected chi connectivity index (χ3v) is 2.02. The van der Waals surface area contributed by atoms with E-state index in [0.717, 1.165) is 26.1 Å². The number of hydrogen-bond acceptors (Lipinski definition) is 2. The molecule has 0 heterocycles. The van der Waals surface area contributed by atoms with Gasteiger partial charge < -0.3 is 10.6 Å². The van der Waals surface area contributed by atoms with Gasteiger partial charge in [-0.1, -0.05) is 6.92 Å². The lowest BCUT2D eigenvalue weighted by Crippen LogP contribution is -2.22. The molecule has 0 saturated heterocycles. The molecule has 0 aromatic carbocycles. The van der Waals surface area contributed by atoms with Crippen molar-refractivity contribution in [3.05, 3.63) is 0 Å². The van der Waals surface area contributed by atoms with Gasteiger partial charge >= 0.3 is 6.18 Å². The molecule has 0 amide bonds. The highest BCUT2D eigenvalue weighted by atomic mass is 19.4. The summed E-state index contributed by atoms with van der Waals surface area (Å²) in [5, 5.41) is 6.30. The molecular formula is C10H21F3N2. The highest BCUT2D eigenvalue weighted by Crippen LogP contribution is 2.21. The summed E-state index contributed by atoms with van der Waals surface area (Å²) in [5.74, 6) is 0. The molecule has 92 valence electrons. The van der Waals surface area contributed by atoms with E-state index in [0.29, 0.717) is 13.0 Å². The largest absolute Gasteiger partial charge is 0.389 e. The molecule has 0 fully saturated rings. The lowest BCUT2D eigenvalue weighted by Gasteiger charge is -2.07. The van der Waals surface area contributed by atoms with Gasteiger partial charge in [0.25, 0.3) is 0 Å². The van der Waals surface area contributed by atoms with Gasteiger partial charge in [-0.05, 0) is 45.4 Å². The fourth-order valence-corrected chi connectivity index (χ4v) is 1.22. The van der Waals surface area contributed by atoms with Crippen molar-refractivity contribution in [1.29, 1.82) is 0 Å². The third-order valence-electron chi connectivity index (χ3n) is 2.02. The van der Waals surface area contributed by atoms with E-state index in [1.54, 1.807) is 0 Å². The maximum atomic E-state index is 11.7. The van der Waals surface area contributed by atoms with Gasteiger partial charge in [0.05, 0.1) is 0 Å². The van der Waals surface area contributed by atoms with E-state index < -0.39 is 12.6 Å². The normalized spacial score (nSPS) is 12.0. The summed E-state index contributed by atoms with van der Waals surface area (Å²) in [5.41, 5.74) is 0. The molecule has 0 saturated carbocycles. The third kappa shape index (κ3) is 13.7. The highest BCUT2D eigenvalue weighted by molar-refractivity contribution is 4.54. The van der Waals surface area contributed by atoms with Crippen molar-refractivity contribution in [2.45, 2.75) is 38.8 Å². The first-order chi connectivity index (χ1) is 7.06. The second-order valence-electron chi connectivity index (χ2n) is 3.53. The Morgan fingerprint density at radius 2 is 1.47 bits per heavy atom. The Morgan fingerprint density at radius 3 is 2.07 bits per heavy atom. The van der Waals surface area contributed by atoms with Crippen LogP contribution >= 0.6 is 0 Å². The Balaban J connectivity index is 2.99. The summed E-state index contributed by atoms with van der Waals surface area (Å²) in [4.78, 5) is 0. The zero-order valence-electron chi connectivity index (χ0n) is 9.29. The molecule has 2 nitrogen and oxygen atoms in total. The van der Waals surface area contributed by atoms with Crippen LogP contribution in [-0.4, -0.2) is 32.4 Å². The SMILES string of the molecule is CCNCCCNCCCCC(F)(F)F. The average molecular weight is 226 g/mol. The minimum Gasteiger partial charge on any atom is -0.317 e. The van der Waals surface area contributed by atoms with Gasteiger partial charge in [0, 0.05) is 6.42 Å². The Hall–Kier alpha value is -0.290. The van der Waals surface area contributed by atoms with Crippen molar-refractivity contribution >= 4 is 0 Å². The monoisotopic (exact) mass is 226 g/mol. The minimum atomic E-state index is -3.99. The summed E-state index contributed by atoms with van der Waals surface area (Å²) >= 11 is 0. The number of hydrogen-bond donors (Lipinski definition) is 2. The van der Waals surface area contributed by atoms with Crippen molar-refractivity contribution < 1.29 is 13.2 Å². The van der Waals surface area contributed by atoms with Crippen LogP contribution < -0.4 is 10.6 Å². The van der Waals surface area contributed by atoms with Crippen LogP contribution in [0, 0.1) is 0 Å². The maximum absolute atomic E-state index is 11.7. The van der Waals surface area contributed by atoms with Crippen LogP contribution in [-0.2, 0) is 0 Å². The Kier molecular flexibility index (Phi) is 8.80. The predicted molar refractivity (Wildman–Crippen MR) is 55.9 cm³/mol. The first-order valence-electron chi connectivity index (χ1n) is 5.54. The van der Waals surface area contributed by atoms with E-state index in [1.165, 1.54) is 0 Å². The Labute approximate surface area is 89.6 Å². The molecule has 0 aliphatic rings. The van der Waals surface area contributed by atoms with Crippen molar-refractivity contribution in [1.82, 2.24) is 10.6 Å². The van der Waals surface area contributed by atoms with Crippen molar-refractivity contribution in [3.63, 3.8) is 0 Å². The molecule has 0 aromatic rings. The van der Waals surface area contributed by atoms with Gasteiger partial charge in [-0.25, -0.2) is 0 Å². The lowest BCUT2D eigenvalue weighted by molar-refractivity contribution is -0.135. The molecular weight excluding hydrogens is 205 g/mol. The summed E-state index contributed by atoms with van der Waals surface area (Å²) in [7, 11) is 0. The molecule has 0 spiro atoms. The topological polar surface area (TPSA) is 24.1 Å². The molecule has 0 rings (SSSR count). The molecule has 2 N–H and O–H groups in total.